The normalized spacial score (nSPS) is 15.8. The number of rotatable bonds is 3. The van der Waals surface area contributed by atoms with Crippen LogP contribution in [0, 0.1) is 0 Å². The van der Waals surface area contributed by atoms with E-state index in [1.165, 1.54) is 0 Å². The maximum atomic E-state index is 3.75. The first-order valence-electron chi connectivity index (χ1n) is 2.89. The molecule has 0 heterocycles. The van der Waals surface area contributed by atoms with Gasteiger partial charge in [-0.1, -0.05) is 11.9 Å². The molecule has 0 rings (SSSR count). The van der Waals surface area contributed by atoms with Crippen LogP contribution in [0.15, 0.2) is 22.4 Å². The van der Waals surface area contributed by atoms with Crippen molar-refractivity contribution < 1.29 is 0 Å². The van der Waals surface area contributed by atoms with Crippen LogP contribution in [0.5, 0.6) is 0 Å². The van der Waals surface area contributed by atoms with Gasteiger partial charge in [0, 0.05) is 6.21 Å². The Morgan fingerprint density at radius 1 is 1.40 bits per heavy atom. The van der Waals surface area contributed by atoms with E-state index in [4.69, 9.17) is 0 Å². The lowest BCUT2D eigenvalue weighted by Crippen LogP contribution is -1.65. The predicted octanol–water partition coefficient (Wildman–Crippen LogP) is 1.91. The highest BCUT2D eigenvalue weighted by Gasteiger charge is 1.67. The molecular formula is C7H12N2S. The van der Waals surface area contributed by atoms with Crippen molar-refractivity contribution in [3.63, 3.8) is 0 Å². The van der Waals surface area contributed by atoms with Crippen molar-refractivity contribution in [3.8, 4) is 0 Å². The fraction of sp³-hybridized carbons (Fsp3) is 0.286. The quantitative estimate of drug-likeness (QED) is 0.258. The summed E-state index contributed by atoms with van der Waals surface area (Å²) in [7, 11) is -0.000495. The average Bonchev–Trinajstić information content (AvgIpc) is 1.87. The maximum Gasteiger partial charge on any atom is 0.0763 e. The SMILES string of the molecule is C=S(C)/C=N/N=C/C=C\C. The summed E-state index contributed by atoms with van der Waals surface area (Å²) in [5, 5.41) is 7.48. The molecule has 0 radical (unpaired) electrons. The standard InChI is InChI=1S/C7H12N2S/c1-4-5-6-8-9-7-10(2)3/h4-7H,2H2,1,3H3/b5-4-,8-6+,9-7+. The zero-order valence-electron chi connectivity index (χ0n) is 6.32. The maximum absolute atomic E-state index is 3.75. The van der Waals surface area contributed by atoms with Crippen molar-refractivity contribution in [3.05, 3.63) is 12.2 Å². The summed E-state index contributed by atoms with van der Waals surface area (Å²) in [6.45, 7) is 1.93. The van der Waals surface area contributed by atoms with E-state index in [-0.39, 0.29) is 10.5 Å². The second-order valence-corrected chi connectivity index (χ2v) is 3.30. The molecule has 56 valence electrons. The molecule has 3 heteroatoms. The Morgan fingerprint density at radius 3 is 2.60 bits per heavy atom. The second-order valence-electron chi connectivity index (χ2n) is 1.70. The molecule has 0 aliphatic heterocycles. The van der Waals surface area contributed by atoms with Crippen molar-refractivity contribution in [1.82, 2.24) is 0 Å². The molecule has 0 spiro atoms. The van der Waals surface area contributed by atoms with Crippen LogP contribution in [0.25, 0.3) is 0 Å². The zero-order valence-corrected chi connectivity index (χ0v) is 7.14. The zero-order chi connectivity index (χ0) is 7.82. The minimum atomic E-state index is -0.000495. The van der Waals surface area contributed by atoms with Gasteiger partial charge in [0.2, 0.25) is 0 Å². The predicted molar refractivity (Wildman–Crippen MR) is 52.4 cm³/mol. The highest BCUT2D eigenvalue weighted by atomic mass is 32.2. The molecule has 0 aliphatic carbocycles. The third kappa shape index (κ3) is 7.30. The average molecular weight is 156 g/mol. The first-order valence-corrected chi connectivity index (χ1v) is 4.76. The molecule has 1 unspecified atom stereocenters. The Morgan fingerprint density at radius 2 is 2.10 bits per heavy atom. The van der Waals surface area contributed by atoms with Crippen LogP contribution in [0.4, 0.5) is 0 Å². The van der Waals surface area contributed by atoms with Gasteiger partial charge in [-0.3, -0.25) is 0 Å². The summed E-state index contributed by atoms with van der Waals surface area (Å²) < 4.78 is 0. The molecule has 0 fully saturated rings. The molecule has 0 aromatic heterocycles. The van der Waals surface area contributed by atoms with Gasteiger partial charge in [-0.2, -0.15) is 20.7 Å². The van der Waals surface area contributed by atoms with Crippen molar-refractivity contribution in [2.75, 3.05) is 6.26 Å². The molecule has 0 bridgehead atoms. The van der Waals surface area contributed by atoms with E-state index in [1.54, 1.807) is 11.8 Å². The molecule has 1 atom stereocenters. The first kappa shape index (κ1) is 9.30. The van der Waals surface area contributed by atoms with Crippen molar-refractivity contribution in [2.24, 2.45) is 10.2 Å². The van der Waals surface area contributed by atoms with Gasteiger partial charge in [-0.05, 0) is 19.3 Å². The third-order valence-electron chi connectivity index (χ3n) is 0.639. The van der Waals surface area contributed by atoms with E-state index in [0.717, 1.165) is 0 Å². The summed E-state index contributed by atoms with van der Waals surface area (Å²) >= 11 is 0. The Bertz CT molecular complexity index is 180. The van der Waals surface area contributed by atoms with Crippen LogP contribution >= 0.6 is 10.5 Å². The fourth-order valence-corrected chi connectivity index (χ4v) is 0.486. The lowest BCUT2D eigenvalue weighted by molar-refractivity contribution is 1.28. The van der Waals surface area contributed by atoms with E-state index >= 15 is 0 Å². The van der Waals surface area contributed by atoms with Crippen molar-refractivity contribution in [2.45, 2.75) is 6.92 Å². The van der Waals surface area contributed by atoms with Crippen LogP contribution < -0.4 is 0 Å². The highest BCUT2D eigenvalue weighted by molar-refractivity contribution is 8.25. The van der Waals surface area contributed by atoms with E-state index in [1.807, 2.05) is 25.3 Å². The lowest BCUT2D eigenvalue weighted by Gasteiger charge is -1.80. The summed E-state index contributed by atoms with van der Waals surface area (Å²) in [6, 6.07) is 0. The Kier molecular flexibility index (Phi) is 5.97. The number of hydrogen-bond acceptors (Lipinski definition) is 2. The van der Waals surface area contributed by atoms with Gasteiger partial charge in [0.25, 0.3) is 0 Å². The van der Waals surface area contributed by atoms with Gasteiger partial charge in [0.1, 0.15) is 0 Å². The molecular weight excluding hydrogens is 144 g/mol. The van der Waals surface area contributed by atoms with Gasteiger partial charge in [0.05, 0.1) is 5.55 Å². The molecule has 0 saturated heterocycles. The minimum Gasteiger partial charge on any atom is -0.159 e. The van der Waals surface area contributed by atoms with Crippen LogP contribution in [0.3, 0.4) is 0 Å². The Hall–Kier alpha value is -0.700. The van der Waals surface area contributed by atoms with Crippen molar-refractivity contribution >= 4 is 28.1 Å². The third-order valence-corrected chi connectivity index (χ3v) is 1.09. The van der Waals surface area contributed by atoms with E-state index in [2.05, 4.69) is 16.1 Å². The Labute approximate surface area is 64.3 Å². The topological polar surface area (TPSA) is 24.7 Å². The molecule has 2 nitrogen and oxygen atoms in total. The fourth-order valence-electron chi connectivity index (χ4n) is 0.271. The number of hydrogen-bond donors (Lipinski definition) is 0. The number of allylic oxidation sites excluding steroid dienone is 2. The smallest absolute Gasteiger partial charge is 0.0763 e. The molecule has 10 heavy (non-hydrogen) atoms. The molecule has 0 aromatic rings. The summed E-state index contributed by atoms with van der Waals surface area (Å²) in [4.78, 5) is 0. The van der Waals surface area contributed by atoms with Gasteiger partial charge >= 0.3 is 0 Å². The van der Waals surface area contributed by atoms with E-state index < -0.39 is 0 Å². The molecule has 0 saturated carbocycles. The van der Waals surface area contributed by atoms with E-state index in [0.29, 0.717) is 0 Å². The van der Waals surface area contributed by atoms with Gasteiger partial charge in [-0.25, -0.2) is 0 Å². The Balaban J connectivity index is 3.62. The summed E-state index contributed by atoms with van der Waals surface area (Å²) in [5.41, 5.74) is 1.72. The first-order chi connectivity index (χ1) is 4.77. The molecule has 0 N–H and O–H groups in total. The lowest BCUT2D eigenvalue weighted by atomic mass is 10.6. The molecule has 0 aromatic carbocycles. The van der Waals surface area contributed by atoms with Crippen LogP contribution in [-0.2, 0) is 0 Å². The highest BCUT2D eigenvalue weighted by Crippen LogP contribution is 1.93. The van der Waals surface area contributed by atoms with Crippen molar-refractivity contribution in [1.29, 1.82) is 0 Å². The van der Waals surface area contributed by atoms with Crippen LogP contribution in [-0.4, -0.2) is 23.9 Å². The van der Waals surface area contributed by atoms with E-state index in [9.17, 15) is 0 Å². The van der Waals surface area contributed by atoms with Gasteiger partial charge < -0.3 is 0 Å². The second kappa shape index (κ2) is 6.42. The molecule has 0 aliphatic rings. The largest absolute Gasteiger partial charge is 0.159 e. The van der Waals surface area contributed by atoms with Gasteiger partial charge in [0.15, 0.2) is 0 Å². The van der Waals surface area contributed by atoms with Crippen LogP contribution in [0.2, 0.25) is 0 Å². The summed E-state index contributed by atoms with van der Waals surface area (Å²) in [5.74, 6) is 3.74. The monoisotopic (exact) mass is 156 g/mol. The van der Waals surface area contributed by atoms with Gasteiger partial charge in [-0.15, -0.1) is 0 Å². The number of nitrogens with zero attached hydrogens (tertiary/aromatic N) is 2. The summed E-state index contributed by atoms with van der Waals surface area (Å²) in [6.07, 6.45) is 7.35. The molecule has 0 amide bonds. The van der Waals surface area contributed by atoms with Crippen LogP contribution in [0.1, 0.15) is 6.92 Å². The minimum absolute atomic E-state index is 0.000495.